The number of aromatic hydroxyl groups is 1. The normalized spacial score (nSPS) is 10.6. The summed E-state index contributed by atoms with van der Waals surface area (Å²) < 4.78 is 0.739. The minimum atomic E-state index is -1.57. The molecule has 66 valence electrons. The zero-order valence-corrected chi connectivity index (χ0v) is 7.32. The van der Waals surface area contributed by atoms with Crippen LogP contribution in [0.25, 0.3) is 10.2 Å². The van der Waals surface area contributed by atoms with Crippen LogP contribution in [0.1, 0.15) is 0 Å². The minimum Gasteiger partial charge on any atom is -0.506 e. The number of hydrogen-bond donors (Lipinski definition) is 3. The molecule has 0 unspecified atom stereocenters. The van der Waals surface area contributed by atoms with Gasteiger partial charge in [0, 0.05) is 0 Å². The van der Waals surface area contributed by atoms with Crippen molar-refractivity contribution in [2.75, 3.05) is 0 Å². The zero-order valence-electron chi connectivity index (χ0n) is 6.51. The van der Waals surface area contributed by atoms with Crippen LogP contribution in [0.3, 0.4) is 0 Å². The molecule has 0 aliphatic rings. The Morgan fingerprint density at radius 1 is 1.31 bits per heavy atom. The van der Waals surface area contributed by atoms with Gasteiger partial charge in [0.15, 0.2) is 0 Å². The second kappa shape index (κ2) is 2.99. The molecule has 1 aromatic heterocycles. The highest BCUT2D eigenvalue weighted by Crippen LogP contribution is 2.24. The first-order valence-corrected chi connectivity index (χ1v) is 4.44. The molecular formula is C7H6BNO3S. The maximum Gasteiger partial charge on any atom is 0.519 e. The Kier molecular flexibility index (Phi) is 1.95. The van der Waals surface area contributed by atoms with Gasteiger partial charge >= 0.3 is 7.12 Å². The van der Waals surface area contributed by atoms with Crippen molar-refractivity contribution >= 4 is 33.6 Å². The lowest BCUT2D eigenvalue weighted by molar-refractivity contribution is 0.425. The van der Waals surface area contributed by atoms with Crippen LogP contribution in [0.2, 0.25) is 0 Å². The zero-order chi connectivity index (χ0) is 9.42. The van der Waals surface area contributed by atoms with Crippen LogP contribution in [0, 0.1) is 0 Å². The predicted molar refractivity (Wildman–Crippen MR) is 51.1 cm³/mol. The maximum absolute atomic E-state index is 9.35. The fourth-order valence-electron chi connectivity index (χ4n) is 1.06. The number of fused-ring (bicyclic) bond motifs is 1. The number of phenols is 1. The van der Waals surface area contributed by atoms with Crippen LogP contribution in [-0.4, -0.2) is 27.3 Å². The molecule has 0 radical (unpaired) electrons. The van der Waals surface area contributed by atoms with Crippen molar-refractivity contribution in [1.82, 2.24) is 4.98 Å². The van der Waals surface area contributed by atoms with Gasteiger partial charge in [0.05, 0.1) is 4.70 Å². The molecule has 3 N–H and O–H groups in total. The van der Waals surface area contributed by atoms with Crippen LogP contribution in [0.5, 0.6) is 5.75 Å². The van der Waals surface area contributed by atoms with E-state index in [2.05, 4.69) is 4.98 Å². The Labute approximate surface area is 78.2 Å². The highest BCUT2D eigenvalue weighted by molar-refractivity contribution is 7.27. The van der Waals surface area contributed by atoms with Crippen LogP contribution < -0.4 is 4.91 Å². The average Bonchev–Trinajstić information content (AvgIpc) is 2.49. The van der Waals surface area contributed by atoms with Crippen LogP contribution in [0.15, 0.2) is 18.2 Å². The van der Waals surface area contributed by atoms with Crippen molar-refractivity contribution < 1.29 is 15.2 Å². The molecule has 6 heteroatoms. The molecule has 4 nitrogen and oxygen atoms in total. The van der Waals surface area contributed by atoms with E-state index in [0.29, 0.717) is 5.52 Å². The van der Waals surface area contributed by atoms with E-state index in [0.717, 1.165) is 16.0 Å². The molecule has 2 aromatic rings. The molecule has 0 fully saturated rings. The van der Waals surface area contributed by atoms with Gasteiger partial charge in [-0.15, -0.1) is 11.3 Å². The van der Waals surface area contributed by atoms with E-state index in [-0.39, 0.29) is 10.7 Å². The highest BCUT2D eigenvalue weighted by atomic mass is 32.1. The summed E-state index contributed by atoms with van der Waals surface area (Å²) in [6.45, 7) is 0. The average molecular weight is 195 g/mol. The van der Waals surface area contributed by atoms with E-state index in [1.54, 1.807) is 12.1 Å². The van der Waals surface area contributed by atoms with Crippen molar-refractivity contribution in [3.63, 3.8) is 0 Å². The molecule has 0 bridgehead atoms. The van der Waals surface area contributed by atoms with Gasteiger partial charge in [-0.25, -0.2) is 4.98 Å². The van der Waals surface area contributed by atoms with E-state index in [1.165, 1.54) is 6.07 Å². The monoisotopic (exact) mass is 195 g/mol. The number of benzene rings is 1. The van der Waals surface area contributed by atoms with Crippen molar-refractivity contribution in [2.45, 2.75) is 0 Å². The summed E-state index contributed by atoms with van der Waals surface area (Å²) in [5.74, 6) is 0.0562. The number of phenolic OH excluding ortho intramolecular Hbond substituents is 1. The topological polar surface area (TPSA) is 73.6 Å². The lowest BCUT2D eigenvalue weighted by Crippen LogP contribution is -2.28. The van der Waals surface area contributed by atoms with Crippen LogP contribution in [0.4, 0.5) is 0 Å². The van der Waals surface area contributed by atoms with Gasteiger partial charge in [-0.05, 0) is 12.1 Å². The molecule has 0 spiro atoms. The van der Waals surface area contributed by atoms with E-state index >= 15 is 0 Å². The Morgan fingerprint density at radius 2 is 2.08 bits per heavy atom. The first-order valence-electron chi connectivity index (χ1n) is 3.63. The third kappa shape index (κ3) is 1.39. The van der Waals surface area contributed by atoms with Crippen molar-refractivity contribution in [3.8, 4) is 5.75 Å². The summed E-state index contributed by atoms with van der Waals surface area (Å²) >= 11 is 1.15. The molecule has 0 aliphatic heterocycles. The molecule has 1 aromatic carbocycles. The summed E-state index contributed by atoms with van der Waals surface area (Å²) in [5.41, 5.74) is 0.413. The Hall–Kier alpha value is -1.11. The smallest absolute Gasteiger partial charge is 0.506 e. The molecule has 1 heterocycles. The van der Waals surface area contributed by atoms with Crippen molar-refractivity contribution in [2.24, 2.45) is 0 Å². The standard InChI is InChI=1S/C7H6BNO3S/c10-4-2-1-3-5-6(4)9-7(13-5)8(11)12/h1-3,10-12H. The van der Waals surface area contributed by atoms with E-state index < -0.39 is 7.12 Å². The summed E-state index contributed by atoms with van der Waals surface area (Å²) in [7, 11) is -1.57. The summed E-state index contributed by atoms with van der Waals surface area (Å²) in [6, 6.07) is 4.96. The van der Waals surface area contributed by atoms with Gasteiger partial charge in [-0.1, -0.05) is 6.07 Å². The van der Waals surface area contributed by atoms with Gasteiger partial charge in [0.2, 0.25) is 0 Å². The second-order valence-electron chi connectivity index (χ2n) is 2.55. The number of aromatic nitrogens is 1. The van der Waals surface area contributed by atoms with Gasteiger partial charge in [-0.3, -0.25) is 0 Å². The minimum absolute atomic E-state index is 0.0562. The first kappa shape index (κ1) is 8.49. The fraction of sp³-hybridized carbons (Fsp3) is 0. The third-order valence-corrected chi connectivity index (χ3v) is 2.70. The molecule has 13 heavy (non-hydrogen) atoms. The number of nitrogens with zero attached hydrogens (tertiary/aromatic N) is 1. The summed E-state index contributed by atoms with van der Waals surface area (Å²) in [5, 5.41) is 27.0. The van der Waals surface area contributed by atoms with E-state index in [9.17, 15) is 5.11 Å². The largest absolute Gasteiger partial charge is 0.519 e. The molecule has 2 rings (SSSR count). The second-order valence-corrected chi connectivity index (χ2v) is 3.61. The quantitative estimate of drug-likeness (QED) is 0.545. The molecule has 0 amide bonds. The number of rotatable bonds is 1. The number of thiazole rings is 1. The third-order valence-electron chi connectivity index (χ3n) is 1.64. The summed E-state index contributed by atoms with van der Waals surface area (Å²) in [6.07, 6.45) is 0. The highest BCUT2D eigenvalue weighted by Gasteiger charge is 2.17. The molecular weight excluding hydrogens is 189 g/mol. The van der Waals surface area contributed by atoms with Gasteiger partial charge in [0.1, 0.15) is 16.2 Å². The van der Waals surface area contributed by atoms with Gasteiger partial charge < -0.3 is 15.2 Å². The number of para-hydroxylation sites is 1. The van der Waals surface area contributed by atoms with Crippen LogP contribution >= 0.6 is 11.3 Å². The Balaban J connectivity index is 2.68. The molecule has 0 saturated heterocycles. The maximum atomic E-state index is 9.35. The lowest BCUT2D eigenvalue weighted by atomic mass is 9.94. The van der Waals surface area contributed by atoms with Crippen LogP contribution in [-0.2, 0) is 0 Å². The number of hydrogen-bond acceptors (Lipinski definition) is 5. The predicted octanol–water partition coefficient (Wildman–Crippen LogP) is -0.318. The lowest BCUT2D eigenvalue weighted by Gasteiger charge is -1.89. The molecule has 0 atom stereocenters. The van der Waals surface area contributed by atoms with Crippen molar-refractivity contribution in [3.05, 3.63) is 18.2 Å². The van der Waals surface area contributed by atoms with Crippen molar-refractivity contribution in [1.29, 1.82) is 0 Å². The summed E-state index contributed by atoms with van der Waals surface area (Å²) in [4.78, 5) is 4.07. The first-order chi connectivity index (χ1) is 6.18. The van der Waals surface area contributed by atoms with Gasteiger partial charge in [0.25, 0.3) is 0 Å². The SMILES string of the molecule is OB(O)c1nc2c(O)cccc2s1. The Morgan fingerprint density at radius 3 is 2.69 bits per heavy atom. The van der Waals surface area contributed by atoms with Gasteiger partial charge in [-0.2, -0.15) is 0 Å². The fourth-order valence-corrected chi connectivity index (χ4v) is 1.92. The molecule has 0 aliphatic carbocycles. The Bertz CT molecular complexity index is 442. The van der Waals surface area contributed by atoms with E-state index in [1.807, 2.05) is 0 Å². The molecule has 0 saturated carbocycles. The van der Waals surface area contributed by atoms with E-state index in [4.69, 9.17) is 10.0 Å².